The number of hydrogen-bond donors (Lipinski definition) is 1. The van der Waals surface area contributed by atoms with E-state index in [2.05, 4.69) is 25.2 Å². The van der Waals surface area contributed by atoms with Crippen LogP contribution in [0.25, 0.3) is 0 Å². The maximum atomic E-state index is 12.1. The molecule has 0 aliphatic carbocycles. The number of amides is 1. The van der Waals surface area contributed by atoms with Gasteiger partial charge in [0.2, 0.25) is 5.91 Å². The predicted octanol–water partition coefficient (Wildman–Crippen LogP) is 4.89. The minimum Gasteiger partial charge on any atom is -0.493 e. The van der Waals surface area contributed by atoms with Crippen molar-refractivity contribution in [2.45, 2.75) is 40.0 Å². The second-order valence-electron chi connectivity index (χ2n) is 6.11. The van der Waals surface area contributed by atoms with Crippen LogP contribution in [0, 0.1) is 13.8 Å². The van der Waals surface area contributed by atoms with Crippen LogP contribution in [0.3, 0.4) is 0 Å². The van der Waals surface area contributed by atoms with Gasteiger partial charge in [0.15, 0.2) is 0 Å². The number of nitrogens with one attached hydrogen (secondary N) is 1. The van der Waals surface area contributed by atoms with Gasteiger partial charge in [-0.1, -0.05) is 36.8 Å². The molecule has 0 saturated heterocycles. The number of para-hydroxylation sites is 2. The van der Waals surface area contributed by atoms with Crippen molar-refractivity contribution in [3.63, 3.8) is 0 Å². The first-order chi connectivity index (χ1) is 12.1. The van der Waals surface area contributed by atoms with E-state index in [1.54, 1.807) is 0 Å². The monoisotopic (exact) mass is 341 g/mol. The lowest BCUT2D eigenvalue weighted by Crippen LogP contribution is -2.14. The Morgan fingerprint density at radius 2 is 1.76 bits per heavy atom. The van der Waals surface area contributed by atoms with Crippen LogP contribution in [0.1, 0.15) is 37.3 Å². The largest absolute Gasteiger partial charge is 0.493 e. The summed E-state index contributed by atoms with van der Waals surface area (Å²) in [5.74, 6) is 1.56. The summed E-state index contributed by atoms with van der Waals surface area (Å²) < 4.78 is 11.4. The topological polar surface area (TPSA) is 47.6 Å². The highest BCUT2D eigenvalue weighted by atomic mass is 16.5. The molecule has 25 heavy (non-hydrogen) atoms. The molecular weight excluding hydrogens is 314 g/mol. The molecule has 0 aromatic heterocycles. The first kappa shape index (κ1) is 18.8. The van der Waals surface area contributed by atoms with Gasteiger partial charge in [-0.15, -0.1) is 0 Å². The molecule has 0 radical (unpaired) electrons. The molecule has 0 heterocycles. The Balaban J connectivity index is 1.77. The van der Waals surface area contributed by atoms with E-state index >= 15 is 0 Å². The summed E-state index contributed by atoms with van der Waals surface area (Å²) in [6.45, 7) is 7.30. The fraction of sp³-hybridized carbons (Fsp3) is 0.381. The second-order valence-corrected chi connectivity index (χ2v) is 6.11. The summed E-state index contributed by atoms with van der Waals surface area (Å²) in [4.78, 5) is 12.1. The van der Waals surface area contributed by atoms with Gasteiger partial charge >= 0.3 is 0 Å². The van der Waals surface area contributed by atoms with Crippen LogP contribution in [0.4, 0.5) is 5.69 Å². The van der Waals surface area contributed by atoms with Crippen molar-refractivity contribution in [3.05, 3.63) is 53.6 Å². The molecule has 2 aromatic rings. The number of anilines is 1. The Bertz CT molecular complexity index is 697. The zero-order chi connectivity index (χ0) is 18.1. The van der Waals surface area contributed by atoms with Gasteiger partial charge in [-0.2, -0.15) is 0 Å². The van der Waals surface area contributed by atoms with Gasteiger partial charge in [0.05, 0.1) is 18.9 Å². The molecule has 134 valence electrons. The first-order valence-corrected chi connectivity index (χ1v) is 8.82. The molecule has 2 aromatic carbocycles. The van der Waals surface area contributed by atoms with Gasteiger partial charge in [0, 0.05) is 6.42 Å². The van der Waals surface area contributed by atoms with Crippen LogP contribution in [-0.4, -0.2) is 19.1 Å². The van der Waals surface area contributed by atoms with E-state index < -0.39 is 0 Å². The Hall–Kier alpha value is -2.49. The number of carbonyl (C=O) groups is 1. The molecular formula is C21H27NO3. The average molecular weight is 341 g/mol. The molecule has 4 heteroatoms. The van der Waals surface area contributed by atoms with Crippen molar-refractivity contribution < 1.29 is 14.3 Å². The molecule has 0 unspecified atom stereocenters. The number of carbonyl (C=O) groups excluding carboxylic acids is 1. The van der Waals surface area contributed by atoms with Crippen molar-refractivity contribution in [3.8, 4) is 11.5 Å². The number of ether oxygens (including phenoxy) is 2. The SMILES string of the molecule is CCCOc1ccccc1NC(=O)CCCOc1ccc(C)cc1C. The summed E-state index contributed by atoms with van der Waals surface area (Å²) in [6, 6.07) is 13.6. The number of hydrogen-bond acceptors (Lipinski definition) is 3. The van der Waals surface area contributed by atoms with Crippen molar-refractivity contribution in [2.24, 2.45) is 0 Å². The maximum Gasteiger partial charge on any atom is 0.224 e. The third kappa shape index (κ3) is 6.14. The van der Waals surface area contributed by atoms with Crippen molar-refractivity contribution in [1.29, 1.82) is 0 Å². The van der Waals surface area contributed by atoms with E-state index in [0.717, 1.165) is 23.4 Å². The van der Waals surface area contributed by atoms with Gasteiger partial charge in [-0.25, -0.2) is 0 Å². The highest BCUT2D eigenvalue weighted by Gasteiger charge is 2.08. The smallest absolute Gasteiger partial charge is 0.224 e. The standard InChI is InChI=1S/C21H27NO3/c1-4-13-24-20-9-6-5-8-18(20)22-21(23)10-7-14-25-19-12-11-16(2)15-17(19)3/h5-6,8-9,11-12,15H,4,7,10,13-14H2,1-3H3,(H,22,23). The fourth-order valence-electron chi connectivity index (χ4n) is 2.50. The van der Waals surface area contributed by atoms with Gasteiger partial charge in [-0.05, 0) is 50.5 Å². The van der Waals surface area contributed by atoms with E-state index in [4.69, 9.17) is 9.47 Å². The number of benzene rings is 2. The minimum atomic E-state index is -0.0308. The molecule has 4 nitrogen and oxygen atoms in total. The van der Waals surface area contributed by atoms with Crippen LogP contribution >= 0.6 is 0 Å². The van der Waals surface area contributed by atoms with E-state index in [0.29, 0.717) is 31.8 Å². The molecule has 0 bridgehead atoms. The minimum absolute atomic E-state index is 0.0308. The molecule has 2 rings (SSSR count). The quantitative estimate of drug-likeness (QED) is 0.661. The number of rotatable bonds is 9. The van der Waals surface area contributed by atoms with Crippen LogP contribution in [-0.2, 0) is 4.79 Å². The molecule has 0 saturated carbocycles. The van der Waals surface area contributed by atoms with Crippen LogP contribution in [0.5, 0.6) is 11.5 Å². The van der Waals surface area contributed by atoms with Crippen molar-refractivity contribution >= 4 is 11.6 Å². The molecule has 1 amide bonds. The Kier molecular flexibility index (Phi) is 7.33. The Morgan fingerprint density at radius 1 is 1.00 bits per heavy atom. The predicted molar refractivity (Wildman–Crippen MR) is 102 cm³/mol. The van der Waals surface area contributed by atoms with Gasteiger partial charge in [0.1, 0.15) is 11.5 Å². The summed E-state index contributed by atoms with van der Waals surface area (Å²) >= 11 is 0. The third-order valence-corrected chi connectivity index (χ3v) is 3.76. The van der Waals surface area contributed by atoms with Gasteiger partial charge in [-0.3, -0.25) is 4.79 Å². The summed E-state index contributed by atoms with van der Waals surface area (Å²) in [7, 11) is 0. The molecule has 0 aliphatic rings. The lowest BCUT2D eigenvalue weighted by molar-refractivity contribution is -0.116. The highest BCUT2D eigenvalue weighted by molar-refractivity contribution is 5.92. The first-order valence-electron chi connectivity index (χ1n) is 8.82. The molecule has 0 spiro atoms. The second kappa shape index (κ2) is 9.72. The van der Waals surface area contributed by atoms with Crippen molar-refractivity contribution in [1.82, 2.24) is 0 Å². The van der Waals surface area contributed by atoms with E-state index in [-0.39, 0.29) is 5.91 Å². The van der Waals surface area contributed by atoms with E-state index in [1.165, 1.54) is 5.56 Å². The van der Waals surface area contributed by atoms with E-state index in [1.807, 2.05) is 43.3 Å². The molecule has 0 fully saturated rings. The van der Waals surface area contributed by atoms with Gasteiger partial charge < -0.3 is 14.8 Å². The summed E-state index contributed by atoms with van der Waals surface area (Å²) in [6.07, 6.45) is 2.00. The van der Waals surface area contributed by atoms with Gasteiger partial charge in [0.25, 0.3) is 0 Å². The maximum absolute atomic E-state index is 12.1. The fourth-order valence-corrected chi connectivity index (χ4v) is 2.50. The van der Waals surface area contributed by atoms with E-state index in [9.17, 15) is 4.79 Å². The Morgan fingerprint density at radius 3 is 2.52 bits per heavy atom. The normalized spacial score (nSPS) is 10.4. The third-order valence-electron chi connectivity index (χ3n) is 3.76. The van der Waals surface area contributed by atoms with Crippen LogP contribution < -0.4 is 14.8 Å². The van der Waals surface area contributed by atoms with Crippen molar-refractivity contribution in [2.75, 3.05) is 18.5 Å². The lowest BCUT2D eigenvalue weighted by atomic mass is 10.1. The molecule has 0 aliphatic heterocycles. The lowest BCUT2D eigenvalue weighted by Gasteiger charge is -2.12. The molecule has 0 atom stereocenters. The summed E-state index contributed by atoms with van der Waals surface area (Å²) in [5, 5.41) is 2.92. The zero-order valence-electron chi connectivity index (χ0n) is 15.3. The highest BCUT2D eigenvalue weighted by Crippen LogP contribution is 2.24. The number of aryl methyl sites for hydroxylation is 2. The average Bonchev–Trinajstić information content (AvgIpc) is 2.59. The molecule has 1 N–H and O–H groups in total. The summed E-state index contributed by atoms with van der Waals surface area (Å²) in [5.41, 5.74) is 3.05. The Labute approximate surface area is 150 Å². The van der Waals surface area contributed by atoms with Crippen LogP contribution in [0.2, 0.25) is 0 Å². The zero-order valence-corrected chi connectivity index (χ0v) is 15.3. The van der Waals surface area contributed by atoms with Crippen LogP contribution in [0.15, 0.2) is 42.5 Å².